The van der Waals surface area contributed by atoms with E-state index in [4.69, 9.17) is 23.2 Å². The molecule has 0 aliphatic carbocycles. The van der Waals surface area contributed by atoms with Gasteiger partial charge in [-0.15, -0.1) is 0 Å². The van der Waals surface area contributed by atoms with E-state index in [0.29, 0.717) is 5.15 Å². The smallest absolute Gasteiger partial charge is 0.142 e. The SMILES string of the molecule is Cc1cc(NC(C)c2ccc(Cl)c(F)c2)cnc1Cl. The highest BCUT2D eigenvalue weighted by Crippen LogP contribution is 2.24. The summed E-state index contributed by atoms with van der Waals surface area (Å²) in [6, 6.07) is 6.61. The highest BCUT2D eigenvalue weighted by atomic mass is 35.5. The average Bonchev–Trinajstić information content (AvgIpc) is 2.37. The van der Waals surface area contributed by atoms with Crippen molar-refractivity contribution in [1.82, 2.24) is 4.98 Å². The Morgan fingerprint density at radius 1 is 1.26 bits per heavy atom. The van der Waals surface area contributed by atoms with Crippen LogP contribution in [0.3, 0.4) is 0 Å². The third-order valence-corrected chi connectivity index (χ3v) is 3.54. The Morgan fingerprint density at radius 3 is 2.63 bits per heavy atom. The zero-order valence-corrected chi connectivity index (χ0v) is 12.1. The minimum Gasteiger partial charge on any atom is -0.377 e. The average molecular weight is 299 g/mol. The molecule has 2 rings (SSSR count). The van der Waals surface area contributed by atoms with Crippen LogP contribution < -0.4 is 5.32 Å². The molecule has 2 nitrogen and oxygen atoms in total. The lowest BCUT2D eigenvalue weighted by Gasteiger charge is -2.16. The largest absolute Gasteiger partial charge is 0.377 e. The van der Waals surface area contributed by atoms with Crippen molar-refractivity contribution in [3.05, 3.63) is 57.6 Å². The van der Waals surface area contributed by atoms with Crippen LogP contribution in [0.5, 0.6) is 0 Å². The molecule has 0 fully saturated rings. The van der Waals surface area contributed by atoms with Gasteiger partial charge in [-0.05, 0) is 43.2 Å². The van der Waals surface area contributed by atoms with Gasteiger partial charge in [-0.2, -0.15) is 0 Å². The number of benzene rings is 1. The molecule has 1 N–H and O–H groups in total. The van der Waals surface area contributed by atoms with Gasteiger partial charge in [0.15, 0.2) is 0 Å². The van der Waals surface area contributed by atoms with Crippen LogP contribution in [-0.2, 0) is 0 Å². The summed E-state index contributed by atoms with van der Waals surface area (Å²) in [6.07, 6.45) is 1.65. The summed E-state index contributed by atoms with van der Waals surface area (Å²) >= 11 is 11.5. The first-order valence-electron chi connectivity index (χ1n) is 5.81. The second-order valence-corrected chi connectivity index (χ2v) is 5.14. The monoisotopic (exact) mass is 298 g/mol. The summed E-state index contributed by atoms with van der Waals surface area (Å²) < 4.78 is 13.4. The van der Waals surface area contributed by atoms with Crippen molar-refractivity contribution in [2.75, 3.05) is 5.32 Å². The van der Waals surface area contributed by atoms with Crippen molar-refractivity contribution in [2.24, 2.45) is 0 Å². The molecule has 5 heteroatoms. The molecule has 0 bridgehead atoms. The molecule has 1 aromatic heterocycles. The summed E-state index contributed by atoms with van der Waals surface area (Å²) in [6.45, 7) is 3.82. The van der Waals surface area contributed by atoms with Crippen LogP contribution >= 0.6 is 23.2 Å². The number of anilines is 1. The molecule has 0 saturated heterocycles. The van der Waals surface area contributed by atoms with Crippen molar-refractivity contribution in [3.8, 4) is 0 Å². The van der Waals surface area contributed by atoms with Crippen molar-refractivity contribution in [1.29, 1.82) is 0 Å². The summed E-state index contributed by atoms with van der Waals surface area (Å²) in [4.78, 5) is 4.06. The molecule has 1 unspecified atom stereocenters. The molecular formula is C14H13Cl2FN2. The van der Waals surface area contributed by atoms with E-state index in [9.17, 15) is 4.39 Å². The highest BCUT2D eigenvalue weighted by Gasteiger charge is 2.09. The van der Waals surface area contributed by atoms with E-state index in [1.54, 1.807) is 18.3 Å². The zero-order chi connectivity index (χ0) is 14.0. The quantitative estimate of drug-likeness (QED) is 0.806. The number of hydrogen-bond donors (Lipinski definition) is 1. The zero-order valence-electron chi connectivity index (χ0n) is 10.5. The first-order valence-corrected chi connectivity index (χ1v) is 6.56. The Bertz CT molecular complexity index is 602. The number of aromatic nitrogens is 1. The third-order valence-electron chi connectivity index (χ3n) is 2.84. The van der Waals surface area contributed by atoms with Gasteiger partial charge in [0.05, 0.1) is 16.9 Å². The van der Waals surface area contributed by atoms with Crippen LogP contribution in [0.4, 0.5) is 10.1 Å². The molecule has 0 aliphatic heterocycles. The maximum Gasteiger partial charge on any atom is 0.142 e. The van der Waals surface area contributed by atoms with E-state index >= 15 is 0 Å². The van der Waals surface area contributed by atoms with Crippen molar-refractivity contribution < 1.29 is 4.39 Å². The Morgan fingerprint density at radius 2 is 2.00 bits per heavy atom. The summed E-state index contributed by atoms with van der Waals surface area (Å²) in [5.74, 6) is -0.418. The molecule has 100 valence electrons. The van der Waals surface area contributed by atoms with Gasteiger partial charge in [0.1, 0.15) is 11.0 Å². The second-order valence-electron chi connectivity index (χ2n) is 4.37. The van der Waals surface area contributed by atoms with Crippen LogP contribution in [0, 0.1) is 12.7 Å². The lowest BCUT2D eigenvalue weighted by Crippen LogP contribution is -2.07. The normalized spacial score (nSPS) is 12.3. The van der Waals surface area contributed by atoms with Gasteiger partial charge in [0, 0.05) is 6.04 Å². The first kappa shape index (κ1) is 14.1. The first-order chi connectivity index (χ1) is 8.97. The van der Waals surface area contributed by atoms with Gasteiger partial charge >= 0.3 is 0 Å². The summed E-state index contributed by atoms with van der Waals surface area (Å²) in [5.41, 5.74) is 2.54. The molecule has 0 amide bonds. The van der Waals surface area contributed by atoms with Gasteiger partial charge in [0.25, 0.3) is 0 Å². The van der Waals surface area contributed by atoms with Gasteiger partial charge in [0.2, 0.25) is 0 Å². The third kappa shape index (κ3) is 3.37. The Balaban J connectivity index is 2.17. The molecule has 1 heterocycles. The number of aryl methyl sites for hydroxylation is 1. The second kappa shape index (κ2) is 5.76. The van der Waals surface area contributed by atoms with Crippen LogP contribution in [-0.4, -0.2) is 4.98 Å². The summed E-state index contributed by atoms with van der Waals surface area (Å²) in [5, 5.41) is 3.85. The molecule has 0 saturated carbocycles. The maximum atomic E-state index is 13.4. The molecular weight excluding hydrogens is 286 g/mol. The minimum atomic E-state index is -0.418. The summed E-state index contributed by atoms with van der Waals surface area (Å²) in [7, 11) is 0. The molecule has 1 aromatic carbocycles. The predicted octanol–water partition coefficient (Wildman–Crippen LogP) is 5.01. The van der Waals surface area contributed by atoms with Crippen LogP contribution in [0.2, 0.25) is 10.2 Å². The lowest BCUT2D eigenvalue weighted by molar-refractivity contribution is 0.624. The number of rotatable bonds is 3. The van der Waals surface area contributed by atoms with Crippen LogP contribution in [0.1, 0.15) is 24.1 Å². The minimum absolute atomic E-state index is 0.0610. The molecule has 19 heavy (non-hydrogen) atoms. The number of hydrogen-bond acceptors (Lipinski definition) is 2. The van der Waals surface area contributed by atoms with Crippen LogP contribution in [0.15, 0.2) is 30.5 Å². The van der Waals surface area contributed by atoms with Crippen molar-refractivity contribution in [3.63, 3.8) is 0 Å². The van der Waals surface area contributed by atoms with Crippen molar-refractivity contribution in [2.45, 2.75) is 19.9 Å². The number of nitrogens with zero attached hydrogens (tertiary/aromatic N) is 1. The Kier molecular flexibility index (Phi) is 4.27. The highest BCUT2D eigenvalue weighted by molar-refractivity contribution is 6.30. The molecule has 2 aromatic rings. The molecule has 0 radical (unpaired) electrons. The van der Waals surface area contributed by atoms with Gasteiger partial charge in [-0.1, -0.05) is 29.3 Å². The van der Waals surface area contributed by atoms with E-state index in [0.717, 1.165) is 16.8 Å². The van der Waals surface area contributed by atoms with Crippen LogP contribution in [0.25, 0.3) is 0 Å². The topological polar surface area (TPSA) is 24.9 Å². The van der Waals surface area contributed by atoms with E-state index < -0.39 is 5.82 Å². The Labute approximate surface area is 121 Å². The fraction of sp³-hybridized carbons (Fsp3) is 0.214. The number of pyridine rings is 1. The van der Waals surface area contributed by atoms with Gasteiger partial charge < -0.3 is 5.32 Å². The molecule has 1 atom stereocenters. The van der Waals surface area contributed by atoms with E-state index in [-0.39, 0.29) is 11.1 Å². The fourth-order valence-electron chi connectivity index (χ4n) is 1.75. The predicted molar refractivity (Wildman–Crippen MR) is 77.4 cm³/mol. The Hall–Kier alpha value is -1.32. The van der Waals surface area contributed by atoms with E-state index in [1.807, 2.05) is 19.9 Å². The van der Waals surface area contributed by atoms with Gasteiger partial charge in [-0.3, -0.25) is 0 Å². The molecule has 0 spiro atoms. The van der Waals surface area contributed by atoms with Crippen molar-refractivity contribution >= 4 is 28.9 Å². The standard InChI is InChI=1S/C14H13Cl2FN2/c1-8-5-11(7-18-14(8)16)19-9(2)10-3-4-12(15)13(17)6-10/h3-7,9,19H,1-2H3. The van der Waals surface area contributed by atoms with Gasteiger partial charge in [-0.25, -0.2) is 9.37 Å². The fourth-order valence-corrected chi connectivity index (χ4v) is 1.97. The molecule has 0 aliphatic rings. The van der Waals surface area contributed by atoms with E-state index in [1.165, 1.54) is 6.07 Å². The number of nitrogens with one attached hydrogen (secondary N) is 1. The lowest BCUT2D eigenvalue weighted by atomic mass is 10.1. The van der Waals surface area contributed by atoms with E-state index in [2.05, 4.69) is 10.3 Å². The maximum absolute atomic E-state index is 13.4. The number of halogens is 3.